The van der Waals surface area contributed by atoms with Gasteiger partial charge in [0.05, 0.1) is 11.3 Å². The number of nitrogens with one attached hydrogen (secondary N) is 1. The van der Waals surface area contributed by atoms with Crippen molar-refractivity contribution in [1.29, 1.82) is 0 Å². The van der Waals surface area contributed by atoms with Crippen molar-refractivity contribution in [3.63, 3.8) is 0 Å². The molecule has 0 spiro atoms. The molecule has 0 saturated carbocycles. The molecule has 0 atom stereocenters. The fraction of sp³-hybridized carbons (Fsp3) is 0.467. The van der Waals surface area contributed by atoms with E-state index in [0.717, 1.165) is 0 Å². The maximum absolute atomic E-state index is 12.1. The summed E-state index contributed by atoms with van der Waals surface area (Å²) in [5.41, 5.74) is 6.27. The van der Waals surface area contributed by atoms with Gasteiger partial charge in [-0.1, -0.05) is 11.6 Å². The minimum Gasteiger partial charge on any atom is -0.345 e. The fourth-order valence-corrected chi connectivity index (χ4v) is 1.87. The number of rotatable bonds is 5. The molecule has 0 fully saturated rings. The molecule has 1 aromatic carbocycles. The molecule has 1 rings (SSSR count). The predicted octanol–water partition coefficient (Wildman–Crippen LogP) is 2.50. The van der Waals surface area contributed by atoms with Crippen LogP contribution in [0, 0.1) is 0 Å². The number of anilines is 1. The van der Waals surface area contributed by atoms with Gasteiger partial charge in [-0.15, -0.1) is 0 Å². The van der Waals surface area contributed by atoms with Gasteiger partial charge in [0.1, 0.15) is 0 Å². The Morgan fingerprint density at radius 2 is 1.95 bits per heavy atom. The van der Waals surface area contributed by atoms with Gasteiger partial charge in [0, 0.05) is 31.1 Å². The van der Waals surface area contributed by atoms with Crippen molar-refractivity contribution in [2.24, 2.45) is 5.73 Å². The first-order valence-electron chi connectivity index (χ1n) is 6.70. The first kappa shape index (κ1) is 17.5. The lowest BCUT2D eigenvalue weighted by atomic mass is 10.00. The van der Waals surface area contributed by atoms with Crippen LogP contribution in [-0.2, 0) is 4.79 Å². The lowest BCUT2D eigenvalue weighted by molar-refractivity contribution is -0.116. The van der Waals surface area contributed by atoms with Crippen LogP contribution < -0.4 is 11.1 Å². The summed E-state index contributed by atoms with van der Waals surface area (Å²) in [6, 6.07) is 4.80. The summed E-state index contributed by atoms with van der Waals surface area (Å²) in [4.78, 5) is 25.5. The summed E-state index contributed by atoms with van der Waals surface area (Å²) in [5.74, 6) is -0.385. The second-order valence-electron chi connectivity index (χ2n) is 5.93. The normalized spacial score (nSPS) is 11.1. The number of carbonyl (C=O) groups is 2. The molecule has 0 aliphatic carbocycles. The van der Waals surface area contributed by atoms with Crippen LogP contribution in [0.2, 0.25) is 5.02 Å². The highest BCUT2D eigenvalue weighted by atomic mass is 35.5. The van der Waals surface area contributed by atoms with E-state index in [1.807, 2.05) is 13.8 Å². The van der Waals surface area contributed by atoms with Crippen molar-refractivity contribution < 1.29 is 9.59 Å². The third kappa shape index (κ3) is 5.73. The van der Waals surface area contributed by atoms with Crippen LogP contribution in [0.25, 0.3) is 0 Å². The molecule has 3 N–H and O–H groups in total. The maximum atomic E-state index is 12.1. The second-order valence-corrected chi connectivity index (χ2v) is 6.36. The smallest absolute Gasteiger partial charge is 0.255 e. The van der Waals surface area contributed by atoms with Crippen molar-refractivity contribution in [2.45, 2.75) is 32.2 Å². The van der Waals surface area contributed by atoms with E-state index in [0.29, 0.717) is 22.7 Å². The van der Waals surface area contributed by atoms with Crippen molar-refractivity contribution in [2.75, 3.05) is 19.4 Å². The monoisotopic (exact) mass is 311 g/mol. The van der Waals surface area contributed by atoms with Crippen LogP contribution >= 0.6 is 11.6 Å². The number of hydrogen-bond acceptors (Lipinski definition) is 3. The molecule has 0 unspecified atom stereocenters. The Labute approximate surface area is 130 Å². The average molecular weight is 312 g/mol. The summed E-state index contributed by atoms with van der Waals surface area (Å²) in [6.45, 7) is 3.72. The van der Waals surface area contributed by atoms with E-state index in [2.05, 4.69) is 5.32 Å². The van der Waals surface area contributed by atoms with Gasteiger partial charge in [-0.05, 0) is 38.5 Å². The second kappa shape index (κ2) is 6.91. The highest BCUT2D eigenvalue weighted by Crippen LogP contribution is 2.22. The summed E-state index contributed by atoms with van der Waals surface area (Å²) >= 11 is 5.94. The van der Waals surface area contributed by atoms with Gasteiger partial charge in [0.25, 0.3) is 5.91 Å². The molecular weight excluding hydrogens is 290 g/mol. The zero-order valence-electron chi connectivity index (χ0n) is 12.9. The average Bonchev–Trinajstić information content (AvgIpc) is 2.35. The predicted molar refractivity (Wildman–Crippen MR) is 85.6 cm³/mol. The van der Waals surface area contributed by atoms with Gasteiger partial charge in [0.15, 0.2) is 0 Å². The molecule has 2 amide bonds. The molecule has 0 aromatic heterocycles. The quantitative estimate of drug-likeness (QED) is 0.877. The van der Waals surface area contributed by atoms with Crippen LogP contribution in [0.5, 0.6) is 0 Å². The van der Waals surface area contributed by atoms with Gasteiger partial charge in [-0.3, -0.25) is 9.59 Å². The van der Waals surface area contributed by atoms with E-state index in [9.17, 15) is 9.59 Å². The molecule has 5 nitrogen and oxygen atoms in total. The maximum Gasteiger partial charge on any atom is 0.255 e. The first-order valence-corrected chi connectivity index (χ1v) is 7.08. The van der Waals surface area contributed by atoms with Gasteiger partial charge >= 0.3 is 0 Å². The Morgan fingerprint density at radius 3 is 2.48 bits per heavy atom. The topological polar surface area (TPSA) is 75.4 Å². The number of nitrogens with two attached hydrogens (primary N) is 1. The summed E-state index contributed by atoms with van der Waals surface area (Å²) < 4.78 is 0. The van der Waals surface area contributed by atoms with E-state index in [1.54, 1.807) is 32.3 Å². The number of carbonyl (C=O) groups excluding carboxylic acids is 2. The zero-order chi connectivity index (χ0) is 16.2. The Balaban J connectivity index is 2.89. The molecule has 0 bridgehead atoms. The van der Waals surface area contributed by atoms with E-state index in [-0.39, 0.29) is 18.2 Å². The minimum absolute atomic E-state index is 0.191. The number of amides is 2. The lowest BCUT2D eigenvalue weighted by Crippen LogP contribution is -2.33. The Hall–Kier alpha value is -1.59. The highest BCUT2D eigenvalue weighted by molar-refractivity contribution is 6.31. The van der Waals surface area contributed by atoms with Gasteiger partial charge < -0.3 is 16.0 Å². The molecule has 0 aliphatic heterocycles. The minimum atomic E-state index is -0.409. The molecule has 0 aliphatic rings. The fourth-order valence-electron chi connectivity index (χ4n) is 1.70. The van der Waals surface area contributed by atoms with Crippen molar-refractivity contribution in [1.82, 2.24) is 4.90 Å². The summed E-state index contributed by atoms with van der Waals surface area (Å²) in [5, 5.41) is 3.19. The number of nitrogens with zero attached hydrogens (tertiary/aromatic N) is 1. The van der Waals surface area contributed by atoms with Crippen molar-refractivity contribution >= 4 is 29.1 Å². The van der Waals surface area contributed by atoms with Crippen LogP contribution in [0.3, 0.4) is 0 Å². The van der Waals surface area contributed by atoms with Crippen LogP contribution in [0.4, 0.5) is 5.69 Å². The molecule has 116 valence electrons. The summed E-state index contributed by atoms with van der Waals surface area (Å²) in [6.07, 6.45) is 0.835. The van der Waals surface area contributed by atoms with Crippen molar-refractivity contribution in [3.05, 3.63) is 28.8 Å². The highest BCUT2D eigenvalue weighted by Gasteiger charge is 2.17. The van der Waals surface area contributed by atoms with Gasteiger partial charge in [-0.25, -0.2) is 0 Å². The van der Waals surface area contributed by atoms with E-state index >= 15 is 0 Å². The molecule has 1 aromatic rings. The summed E-state index contributed by atoms with van der Waals surface area (Å²) in [7, 11) is 3.30. The Bertz CT molecular complexity index is 536. The van der Waals surface area contributed by atoms with Crippen LogP contribution in [0.1, 0.15) is 37.0 Å². The van der Waals surface area contributed by atoms with E-state index < -0.39 is 5.54 Å². The Morgan fingerprint density at radius 1 is 1.33 bits per heavy atom. The lowest BCUT2D eigenvalue weighted by Gasteiger charge is -2.18. The van der Waals surface area contributed by atoms with Crippen LogP contribution in [-0.4, -0.2) is 36.3 Å². The molecule has 6 heteroatoms. The largest absolute Gasteiger partial charge is 0.345 e. The third-order valence-electron chi connectivity index (χ3n) is 2.89. The van der Waals surface area contributed by atoms with Crippen molar-refractivity contribution in [3.8, 4) is 0 Å². The first-order chi connectivity index (χ1) is 9.60. The zero-order valence-corrected chi connectivity index (χ0v) is 13.6. The third-order valence-corrected chi connectivity index (χ3v) is 3.12. The Kier molecular flexibility index (Phi) is 5.75. The standard InChI is InChI=1S/C15H22ClN3O2/c1-15(2,17)8-7-13(20)18-12-9-10(16)5-6-11(12)14(21)19(3)4/h5-6,9H,7-8,17H2,1-4H3,(H,18,20). The van der Waals surface area contributed by atoms with Gasteiger partial charge in [0.2, 0.25) is 5.91 Å². The SMILES string of the molecule is CN(C)C(=O)c1ccc(Cl)cc1NC(=O)CCC(C)(C)N. The molecule has 21 heavy (non-hydrogen) atoms. The molecule has 0 saturated heterocycles. The van der Waals surface area contributed by atoms with E-state index in [1.165, 1.54) is 4.90 Å². The number of benzene rings is 1. The van der Waals surface area contributed by atoms with Gasteiger partial charge in [-0.2, -0.15) is 0 Å². The molecular formula is C15H22ClN3O2. The number of hydrogen-bond donors (Lipinski definition) is 2. The number of halogens is 1. The molecule has 0 heterocycles. The van der Waals surface area contributed by atoms with E-state index in [4.69, 9.17) is 17.3 Å². The molecule has 0 radical (unpaired) electrons. The van der Waals surface area contributed by atoms with Crippen LogP contribution in [0.15, 0.2) is 18.2 Å².